The molecule has 108 valence electrons. The van der Waals surface area contributed by atoms with E-state index in [2.05, 4.69) is 17.2 Å². The Hall–Kier alpha value is -1.95. The first-order chi connectivity index (χ1) is 9.65. The molecule has 20 heavy (non-hydrogen) atoms. The molecule has 0 aliphatic heterocycles. The van der Waals surface area contributed by atoms with Gasteiger partial charge in [-0.15, -0.1) is 6.58 Å². The third-order valence-electron chi connectivity index (χ3n) is 2.42. The van der Waals surface area contributed by atoms with Crippen LogP contribution in [0.2, 0.25) is 0 Å². The molecule has 2 amide bonds. The molecule has 6 heteroatoms. The molecule has 0 radical (unpaired) electrons. The van der Waals surface area contributed by atoms with Gasteiger partial charge < -0.3 is 15.7 Å². The fraction of sp³-hybridized carbons (Fsp3) is 0.286. The van der Waals surface area contributed by atoms with Gasteiger partial charge in [0.2, 0.25) is 0 Å². The number of carboxylic acids is 1. The van der Waals surface area contributed by atoms with Crippen molar-refractivity contribution in [1.29, 1.82) is 0 Å². The van der Waals surface area contributed by atoms with E-state index in [1.54, 1.807) is 48.2 Å². The summed E-state index contributed by atoms with van der Waals surface area (Å²) >= 11 is 1.64. The monoisotopic (exact) mass is 294 g/mol. The quantitative estimate of drug-likeness (QED) is 0.506. The average molecular weight is 294 g/mol. The normalized spacial score (nSPS) is 11.4. The fourth-order valence-electron chi connectivity index (χ4n) is 1.52. The summed E-state index contributed by atoms with van der Waals surface area (Å²) in [6, 6.07) is 7.06. The standard InChI is InChI=1S/C14H18N2O3S/c1-2-9-20-10-8-15-14(19)16-12(13(17)18)11-6-4-3-5-7-11/h2-7,12H,1,8-10H2,(H,17,18)(H2,15,16,19). The van der Waals surface area contributed by atoms with E-state index in [-0.39, 0.29) is 0 Å². The molecule has 1 unspecified atom stereocenters. The van der Waals surface area contributed by atoms with Gasteiger partial charge in [-0.05, 0) is 5.56 Å². The highest BCUT2D eigenvalue weighted by molar-refractivity contribution is 7.99. The van der Waals surface area contributed by atoms with Crippen LogP contribution < -0.4 is 10.6 Å². The molecular formula is C14H18N2O3S. The largest absolute Gasteiger partial charge is 0.479 e. The van der Waals surface area contributed by atoms with Crippen LogP contribution in [0.4, 0.5) is 4.79 Å². The number of amides is 2. The lowest BCUT2D eigenvalue weighted by Gasteiger charge is -2.15. The van der Waals surface area contributed by atoms with Gasteiger partial charge in [0.1, 0.15) is 0 Å². The van der Waals surface area contributed by atoms with E-state index < -0.39 is 18.0 Å². The lowest BCUT2D eigenvalue weighted by atomic mass is 10.1. The summed E-state index contributed by atoms with van der Waals surface area (Å²) in [5.74, 6) is 0.487. The number of hydrogen-bond acceptors (Lipinski definition) is 3. The second-order valence-corrected chi connectivity index (χ2v) is 5.10. The van der Waals surface area contributed by atoms with Crippen molar-refractivity contribution < 1.29 is 14.7 Å². The Kier molecular flexibility index (Phi) is 7.27. The first-order valence-electron chi connectivity index (χ1n) is 6.16. The Balaban J connectivity index is 2.44. The smallest absolute Gasteiger partial charge is 0.330 e. The number of benzene rings is 1. The number of aliphatic carboxylic acids is 1. The minimum absolute atomic E-state index is 0.478. The fourth-order valence-corrected chi connectivity index (χ4v) is 2.10. The van der Waals surface area contributed by atoms with Crippen LogP contribution in [0.5, 0.6) is 0 Å². The Labute approximate surface area is 122 Å². The van der Waals surface area contributed by atoms with Crippen molar-refractivity contribution in [2.45, 2.75) is 6.04 Å². The van der Waals surface area contributed by atoms with Crippen LogP contribution in [-0.2, 0) is 4.79 Å². The highest BCUT2D eigenvalue weighted by Gasteiger charge is 2.21. The number of carbonyl (C=O) groups excluding carboxylic acids is 1. The predicted molar refractivity (Wildman–Crippen MR) is 80.9 cm³/mol. The van der Waals surface area contributed by atoms with E-state index >= 15 is 0 Å². The van der Waals surface area contributed by atoms with Crippen LogP contribution in [0.15, 0.2) is 43.0 Å². The molecule has 0 spiro atoms. The molecule has 0 bridgehead atoms. The molecule has 0 aliphatic carbocycles. The number of nitrogens with one attached hydrogen (secondary N) is 2. The van der Waals surface area contributed by atoms with Crippen molar-refractivity contribution in [3.05, 3.63) is 48.6 Å². The molecule has 0 heterocycles. The van der Waals surface area contributed by atoms with E-state index in [9.17, 15) is 9.59 Å². The third-order valence-corrected chi connectivity index (χ3v) is 3.39. The van der Waals surface area contributed by atoms with Gasteiger partial charge in [-0.3, -0.25) is 0 Å². The van der Waals surface area contributed by atoms with Crippen LogP contribution in [0.1, 0.15) is 11.6 Å². The molecule has 3 N–H and O–H groups in total. The third kappa shape index (κ3) is 5.79. The summed E-state index contributed by atoms with van der Waals surface area (Å²) in [5.41, 5.74) is 0.538. The van der Waals surface area contributed by atoms with Crippen LogP contribution in [-0.4, -0.2) is 35.2 Å². The SMILES string of the molecule is C=CCSCCNC(=O)NC(C(=O)O)c1ccccc1. The minimum atomic E-state index is -1.09. The van der Waals surface area contributed by atoms with Gasteiger partial charge in [-0.25, -0.2) is 9.59 Å². The topological polar surface area (TPSA) is 78.4 Å². The summed E-state index contributed by atoms with van der Waals surface area (Å²) in [6.07, 6.45) is 1.79. The van der Waals surface area contributed by atoms with Gasteiger partial charge in [-0.1, -0.05) is 36.4 Å². The number of urea groups is 1. The predicted octanol–water partition coefficient (Wildman–Crippen LogP) is 2.03. The van der Waals surface area contributed by atoms with Crippen LogP contribution >= 0.6 is 11.8 Å². The van der Waals surface area contributed by atoms with E-state index in [4.69, 9.17) is 5.11 Å². The Bertz CT molecular complexity index is 451. The maximum absolute atomic E-state index is 11.6. The Morgan fingerprint density at radius 3 is 2.65 bits per heavy atom. The van der Waals surface area contributed by atoms with Crippen molar-refractivity contribution >= 4 is 23.8 Å². The van der Waals surface area contributed by atoms with E-state index in [0.29, 0.717) is 12.1 Å². The first-order valence-corrected chi connectivity index (χ1v) is 7.31. The zero-order valence-electron chi connectivity index (χ0n) is 11.0. The summed E-state index contributed by atoms with van der Waals surface area (Å²) in [4.78, 5) is 22.8. The zero-order chi connectivity index (χ0) is 14.8. The van der Waals surface area contributed by atoms with Gasteiger partial charge >= 0.3 is 12.0 Å². The summed E-state index contributed by atoms with van der Waals surface area (Å²) in [6.45, 7) is 4.08. The maximum Gasteiger partial charge on any atom is 0.330 e. The molecule has 1 aromatic rings. The molecule has 0 saturated heterocycles. The first kappa shape index (κ1) is 16.1. The molecule has 0 fully saturated rings. The van der Waals surface area contributed by atoms with Gasteiger partial charge in [0.25, 0.3) is 0 Å². The van der Waals surface area contributed by atoms with Crippen molar-refractivity contribution in [3.63, 3.8) is 0 Å². The maximum atomic E-state index is 11.6. The summed E-state index contributed by atoms with van der Waals surface area (Å²) in [5, 5.41) is 14.2. The highest BCUT2D eigenvalue weighted by atomic mass is 32.2. The number of carbonyl (C=O) groups is 2. The number of thioether (sulfide) groups is 1. The second-order valence-electron chi connectivity index (χ2n) is 3.95. The molecule has 1 rings (SSSR count). The zero-order valence-corrected chi connectivity index (χ0v) is 11.9. The van der Waals surface area contributed by atoms with Crippen LogP contribution in [0.3, 0.4) is 0 Å². The molecule has 0 saturated carbocycles. The van der Waals surface area contributed by atoms with Crippen molar-refractivity contribution in [3.8, 4) is 0 Å². The second kappa shape index (κ2) is 9.03. The Morgan fingerprint density at radius 2 is 2.05 bits per heavy atom. The van der Waals surface area contributed by atoms with E-state index in [1.165, 1.54) is 0 Å². The van der Waals surface area contributed by atoms with Gasteiger partial charge in [-0.2, -0.15) is 11.8 Å². The van der Waals surface area contributed by atoms with E-state index in [1.807, 2.05) is 0 Å². The molecule has 1 aromatic carbocycles. The molecule has 5 nitrogen and oxygen atoms in total. The number of carboxylic acid groups (broad SMARTS) is 1. The van der Waals surface area contributed by atoms with E-state index in [0.717, 1.165) is 11.5 Å². The molecular weight excluding hydrogens is 276 g/mol. The average Bonchev–Trinajstić information content (AvgIpc) is 2.45. The lowest BCUT2D eigenvalue weighted by molar-refractivity contribution is -0.139. The number of rotatable bonds is 8. The van der Waals surface area contributed by atoms with Gasteiger partial charge in [0.15, 0.2) is 6.04 Å². The highest BCUT2D eigenvalue weighted by Crippen LogP contribution is 2.12. The van der Waals surface area contributed by atoms with Crippen LogP contribution in [0.25, 0.3) is 0 Å². The van der Waals surface area contributed by atoms with Crippen molar-refractivity contribution in [2.75, 3.05) is 18.1 Å². The van der Waals surface area contributed by atoms with Crippen LogP contribution in [0, 0.1) is 0 Å². The van der Waals surface area contributed by atoms with Crippen molar-refractivity contribution in [1.82, 2.24) is 10.6 Å². The van der Waals surface area contributed by atoms with Gasteiger partial charge in [0, 0.05) is 18.1 Å². The summed E-state index contributed by atoms with van der Waals surface area (Å²) in [7, 11) is 0. The minimum Gasteiger partial charge on any atom is -0.479 e. The Morgan fingerprint density at radius 1 is 1.35 bits per heavy atom. The molecule has 0 aliphatic rings. The number of hydrogen-bond donors (Lipinski definition) is 3. The van der Waals surface area contributed by atoms with Gasteiger partial charge in [0.05, 0.1) is 0 Å². The molecule has 0 aromatic heterocycles. The summed E-state index contributed by atoms with van der Waals surface area (Å²) < 4.78 is 0. The lowest BCUT2D eigenvalue weighted by Crippen LogP contribution is -2.41. The molecule has 1 atom stereocenters. The van der Waals surface area contributed by atoms with Crippen molar-refractivity contribution in [2.24, 2.45) is 0 Å².